The molecule has 5 heteroatoms. The molecule has 0 radical (unpaired) electrons. The first-order valence-electron chi connectivity index (χ1n) is 10.5. The Labute approximate surface area is 188 Å². The summed E-state index contributed by atoms with van der Waals surface area (Å²) in [6, 6.07) is 22.6. The number of anilines is 1. The molecule has 0 aromatic heterocycles. The van der Waals surface area contributed by atoms with Crippen LogP contribution in [0.1, 0.15) is 45.1 Å². The molecule has 0 fully saturated rings. The molecule has 0 bridgehead atoms. The van der Waals surface area contributed by atoms with Gasteiger partial charge in [-0.15, -0.1) is 0 Å². The van der Waals surface area contributed by atoms with E-state index in [0.717, 1.165) is 18.4 Å². The van der Waals surface area contributed by atoms with E-state index in [2.05, 4.69) is 29.3 Å². The fraction of sp³-hybridized carbons (Fsp3) is 0.185. The summed E-state index contributed by atoms with van der Waals surface area (Å²) in [4.78, 5) is 26.3. The number of rotatable bonds is 3. The lowest BCUT2D eigenvalue weighted by Crippen LogP contribution is -2.34. The van der Waals surface area contributed by atoms with Gasteiger partial charge in [0.1, 0.15) is 0 Å². The third-order valence-electron chi connectivity index (χ3n) is 5.64. The number of nitrogens with zero attached hydrogens (tertiary/aromatic N) is 1. The Kier molecular flexibility index (Phi) is 6.23. The van der Waals surface area contributed by atoms with Crippen molar-refractivity contribution in [2.75, 3.05) is 19.5 Å². The summed E-state index contributed by atoms with van der Waals surface area (Å²) >= 11 is 0. The van der Waals surface area contributed by atoms with Gasteiger partial charge in [-0.2, -0.15) is 0 Å². The Bertz CT molecular complexity index is 1220. The number of esters is 1. The predicted molar refractivity (Wildman–Crippen MR) is 124 cm³/mol. The Morgan fingerprint density at radius 3 is 2.47 bits per heavy atom. The molecule has 3 aromatic rings. The number of amides is 2. The minimum atomic E-state index is -0.396. The lowest BCUT2D eigenvalue weighted by Gasteiger charge is -2.25. The molecule has 1 unspecified atom stereocenters. The Morgan fingerprint density at radius 2 is 1.69 bits per heavy atom. The number of carbonyl (C=O) groups excluding carboxylic acids is 2. The standard InChI is InChI=1S/C27H24N2O3/c1-29(25-16-15-21-9-3-4-12-24(21)25)27(31)28-23-11-6-8-20(18-23)14-13-19-7-5-10-22(17-19)26(30)32-2/h3-12,17-18,25H,15-16H2,1-2H3,(H,28,31). The van der Waals surface area contributed by atoms with E-state index in [-0.39, 0.29) is 12.1 Å². The number of methoxy groups -OCH3 is 1. The van der Waals surface area contributed by atoms with Crippen LogP contribution in [0.5, 0.6) is 0 Å². The summed E-state index contributed by atoms with van der Waals surface area (Å²) < 4.78 is 4.75. The van der Waals surface area contributed by atoms with E-state index in [1.807, 2.05) is 49.5 Å². The normalized spacial score (nSPS) is 14.0. The van der Waals surface area contributed by atoms with Crippen molar-refractivity contribution in [2.24, 2.45) is 0 Å². The van der Waals surface area contributed by atoms with Gasteiger partial charge in [-0.05, 0) is 60.4 Å². The van der Waals surface area contributed by atoms with Crippen molar-refractivity contribution in [2.45, 2.75) is 18.9 Å². The summed E-state index contributed by atoms with van der Waals surface area (Å²) in [5, 5.41) is 2.98. The van der Waals surface area contributed by atoms with Crippen LogP contribution in [0.15, 0.2) is 72.8 Å². The van der Waals surface area contributed by atoms with Crippen molar-refractivity contribution in [1.82, 2.24) is 4.90 Å². The van der Waals surface area contributed by atoms with Crippen LogP contribution in [-0.2, 0) is 11.2 Å². The van der Waals surface area contributed by atoms with Crippen molar-refractivity contribution in [3.63, 3.8) is 0 Å². The molecule has 1 aliphatic rings. The molecule has 4 rings (SSSR count). The zero-order valence-electron chi connectivity index (χ0n) is 18.1. The summed E-state index contributed by atoms with van der Waals surface area (Å²) in [6.45, 7) is 0. The maximum Gasteiger partial charge on any atom is 0.337 e. The van der Waals surface area contributed by atoms with Crippen molar-refractivity contribution >= 4 is 17.7 Å². The maximum absolute atomic E-state index is 12.9. The topological polar surface area (TPSA) is 58.6 Å². The van der Waals surface area contributed by atoms with Crippen molar-refractivity contribution < 1.29 is 14.3 Å². The number of urea groups is 1. The largest absolute Gasteiger partial charge is 0.465 e. The molecule has 1 atom stereocenters. The first kappa shape index (κ1) is 21.2. The number of ether oxygens (including phenoxy) is 1. The van der Waals surface area contributed by atoms with Crippen LogP contribution in [0.3, 0.4) is 0 Å². The molecule has 1 N–H and O–H groups in total. The smallest absolute Gasteiger partial charge is 0.337 e. The van der Waals surface area contributed by atoms with E-state index in [0.29, 0.717) is 16.8 Å². The van der Waals surface area contributed by atoms with Crippen molar-refractivity contribution in [3.05, 3.63) is 101 Å². The molecule has 1 aliphatic carbocycles. The third kappa shape index (κ3) is 4.65. The number of hydrogen-bond donors (Lipinski definition) is 1. The van der Waals surface area contributed by atoms with E-state index in [4.69, 9.17) is 4.74 Å². The molecular formula is C27H24N2O3. The third-order valence-corrected chi connectivity index (χ3v) is 5.64. The van der Waals surface area contributed by atoms with Gasteiger partial charge in [0.2, 0.25) is 0 Å². The highest BCUT2D eigenvalue weighted by Crippen LogP contribution is 2.35. The summed E-state index contributed by atoms with van der Waals surface area (Å²) in [7, 11) is 3.18. The zero-order valence-corrected chi connectivity index (χ0v) is 18.1. The van der Waals surface area contributed by atoms with Gasteiger partial charge in [-0.25, -0.2) is 9.59 Å². The quantitative estimate of drug-likeness (QED) is 0.474. The molecule has 0 saturated carbocycles. The van der Waals surface area contributed by atoms with Gasteiger partial charge in [0.05, 0.1) is 18.7 Å². The average Bonchev–Trinajstić information content (AvgIpc) is 3.26. The van der Waals surface area contributed by atoms with Gasteiger partial charge in [0, 0.05) is 23.9 Å². The summed E-state index contributed by atoms with van der Waals surface area (Å²) in [5.41, 5.74) is 5.15. The maximum atomic E-state index is 12.9. The van der Waals surface area contributed by atoms with Crippen LogP contribution < -0.4 is 5.32 Å². The lowest BCUT2D eigenvalue weighted by atomic mass is 10.1. The summed E-state index contributed by atoms with van der Waals surface area (Å²) in [6.07, 6.45) is 1.92. The van der Waals surface area contributed by atoms with Gasteiger partial charge < -0.3 is 15.0 Å². The van der Waals surface area contributed by atoms with E-state index in [1.165, 1.54) is 18.2 Å². The Morgan fingerprint density at radius 1 is 0.969 bits per heavy atom. The van der Waals surface area contributed by atoms with Gasteiger partial charge in [-0.1, -0.05) is 48.2 Å². The van der Waals surface area contributed by atoms with Gasteiger partial charge in [0.15, 0.2) is 0 Å². The zero-order chi connectivity index (χ0) is 22.5. The highest BCUT2D eigenvalue weighted by Gasteiger charge is 2.28. The minimum absolute atomic E-state index is 0.0799. The monoisotopic (exact) mass is 424 g/mol. The fourth-order valence-electron chi connectivity index (χ4n) is 3.95. The number of fused-ring (bicyclic) bond motifs is 1. The lowest BCUT2D eigenvalue weighted by molar-refractivity contribution is 0.0600. The van der Waals surface area contributed by atoms with Crippen molar-refractivity contribution in [1.29, 1.82) is 0 Å². The number of hydrogen-bond acceptors (Lipinski definition) is 3. The second-order valence-corrected chi connectivity index (χ2v) is 7.70. The number of carbonyl (C=O) groups is 2. The first-order chi connectivity index (χ1) is 15.5. The number of aryl methyl sites for hydroxylation is 1. The number of nitrogens with one attached hydrogen (secondary N) is 1. The molecule has 0 saturated heterocycles. The Hall–Kier alpha value is -4.04. The molecule has 3 aromatic carbocycles. The molecule has 0 heterocycles. The molecule has 5 nitrogen and oxygen atoms in total. The van der Waals surface area contributed by atoms with Crippen LogP contribution in [0.4, 0.5) is 10.5 Å². The molecule has 160 valence electrons. The van der Waals surface area contributed by atoms with Crippen LogP contribution in [0.2, 0.25) is 0 Å². The molecule has 0 spiro atoms. The van der Waals surface area contributed by atoms with E-state index >= 15 is 0 Å². The Balaban J connectivity index is 1.46. The van der Waals surface area contributed by atoms with E-state index in [1.54, 1.807) is 23.1 Å². The highest BCUT2D eigenvalue weighted by molar-refractivity contribution is 5.90. The van der Waals surface area contributed by atoms with Gasteiger partial charge in [0.25, 0.3) is 0 Å². The van der Waals surface area contributed by atoms with Crippen LogP contribution in [0.25, 0.3) is 0 Å². The first-order valence-corrected chi connectivity index (χ1v) is 10.5. The van der Waals surface area contributed by atoms with Crippen molar-refractivity contribution in [3.8, 4) is 11.8 Å². The van der Waals surface area contributed by atoms with Gasteiger partial charge >= 0.3 is 12.0 Å². The number of benzene rings is 3. The molecule has 32 heavy (non-hydrogen) atoms. The molecule has 2 amide bonds. The summed E-state index contributed by atoms with van der Waals surface area (Å²) in [5.74, 6) is 5.75. The van der Waals surface area contributed by atoms with E-state index in [9.17, 15) is 9.59 Å². The second kappa shape index (κ2) is 9.40. The second-order valence-electron chi connectivity index (χ2n) is 7.70. The fourth-order valence-corrected chi connectivity index (χ4v) is 3.95. The molecule has 0 aliphatic heterocycles. The average molecular weight is 425 g/mol. The minimum Gasteiger partial charge on any atom is -0.465 e. The highest BCUT2D eigenvalue weighted by atomic mass is 16.5. The van der Waals surface area contributed by atoms with E-state index < -0.39 is 5.97 Å². The van der Waals surface area contributed by atoms with Gasteiger partial charge in [-0.3, -0.25) is 0 Å². The predicted octanol–water partition coefficient (Wildman–Crippen LogP) is 5.02. The SMILES string of the molecule is COC(=O)c1cccc(C#Cc2cccc(NC(=O)N(C)C3CCc4ccccc43)c2)c1. The van der Waals surface area contributed by atoms with Crippen LogP contribution in [0, 0.1) is 11.8 Å². The van der Waals surface area contributed by atoms with Crippen LogP contribution >= 0.6 is 0 Å². The molecular weight excluding hydrogens is 400 g/mol. The van der Waals surface area contributed by atoms with Crippen LogP contribution in [-0.4, -0.2) is 31.1 Å².